The summed E-state index contributed by atoms with van der Waals surface area (Å²) >= 11 is 0. The Morgan fingerprint density at radius 3 is 2.43 bits per heavy atom. The van der Waals surface area contributed by atoms with Crippen molar-refractivity contribution in [2.75, 3.05) is 11.9 Å². The predicted octanol–water partition coefficient (Wildman–Crippen LogP) is 4.44. The van der Waals surface area contributed by atoms with Crippen molar-refractivity contribution in [3.63, 3.8) is 0 Å². The number of rotatable bonds is 5. The molecule has 0 amide bonds. The average Bonchev–Trinajstić information content (AvgIpc) is 2.53. The van der Waals surface area contributed by atoms with Crippen molar-refractivity contribution in [2.24, 2.45) is 0 Å². The van der Waals surface area contributed by atoms with Crippen LogP contribution in [0, 0.1) is 0 Å². The number of aromatic nitrogens is 2. The summed E-state index contributed by atoms with van der Waals surface area (Å²) in [5, 5.41) is 0. The van der Waals surface area contributed by atoms with E-state index in [1.54, 1.807) is 30.3 Å². The van der Waals surface area contributed by atoms with Crippen LogP contribution in [0.3, 0.4) is 0 Å². The van der Waals surface area contributed by atoms with Crippen molar-refractivity contribution in [1.82, 2.24) is 9.97 Å². The summed E-state index contributed by atoms with van der Waals surface area (Å²) in [6, 6.07) is 8.63. The number of hydrogen-bond donors (Lipinski definition) is 0. The van der Waals surface area contributed by atoms with Gasteiger partial charge in [0.15, 0.2) is 5.82 Å². The minimum absolute atomic E-state index is 0.0647. The molecule has 0 aliphatic carbocycles. The van der Waals surface area contributed by atoms with E-state index in [1.165, 1.54) is 11.9 Å². The second-order valence-corrected chi connectivity index (χ2v) is 5.12. The maximum Gasteiger partial charge on any atom is 0.421 e. The molecule has 0 aliphatic heterocycles. The lowest BCUT2D eigenvalue weighted by Gasteiger charge is -2.23. The molecular weight excluding hydrogens is 307 g/mol. The number of halogens is 3. The summed E-state index contributed by atoms with van der Waals surface area (Å²) in [5.74, 6) is -0.239. The fourth-order valence-corrected chi connectivity index (χ4v) is 1.91. The van der Waals surface area contributed by atoms with E-state index in [0.717, 1.165) is 6.20 Å². The highest BCUT2D eigenvalue weighted by Crippen LogP contribution is 2.37. The van der Waals surface area contributed by atoms with E-state index in [2.05, 4.69) is 9.97 Å². The van der Waals surface area contributed by atoms with Gasteiger partial charge in [-0.25, -0.2) is 4.98 Å². The number of nitrogens with zero attached hydrogens (tertiary/aromatic N) is 3. The minimum atomic E-state index is -4.55. The lowest BCUT2D eigenvalue weighted by molar-refractivity contribution is -0.137. The van der Waals surface area contributed by atoms with Crippen LogP contribution in [0.25, 0.3) is 0 Å². The number of benzene rings is 1. The van der Waals surface area contributed by atoms with Gasteiger partial charge in [0.25, 0.3) is 0 Å². The first-order chi connectivity index (χ1) is 10.8. The van der Waals surface area contributed by atoms with Crippen LogP contribution in [0.2, 0.25) is 0 Å². The lowest BCUT2D eigenvalue weighted by Crippen LogP contribution is -2.20. The first kappa shape index (κ1) is 17.1. The van der Waals surface area contributed by atoms with E-state index in [4.69, 9.17) is 4.74 Å². The summed E-state index contributed by atoms with van der Waals surface area (Å²) < 4.78 is 45.2. The summed E-state index contributed by atoms with van der Waals surface area (Å²) in [6.45, 7) is 3.72. The maximum atomic E-state index is 13.2. The van der Waals surface area contributed by atoms with Gasteiger partial charge in [-0.15, -0.1) is 0 Å². The number of hydrogen-bond acceptors (Lipinski definition) is 4. The summed E-state index contributed by atoms with van der Waals surface area (Å²) in [5.41, 5.74) is -0.313. The molecule has 1 aromatic heterocycles. The van der Waals surface area contributed by atoms with Crippen molar-refractivity contribution < 1.29 is 17.9 Å². The highest BCUT2D eigenvalue weighted by Gasteiger charge is 2.36. The molecule has 23 heavy (non-hydrogen) atoms. The van der Waals surface area contributed by atoms with E-state index in [9.17, 15) is 13.2 Å². The third kappa shape index (κ3) is 4.12. The van der Waals surface area contributed by atoms with Crippen molar-refractivity contribution in [1.29, 1.82) is 0 Å². The SMILES string of the molecule is CCC(C)Oc1ncc(C(F)(F)F)c(N(C)c2ccccc2)n1. The fourth-order valence-electron chi connectivity index (χ4n) is 1.91. The van der Waals surface area contributed by atoms with E-state index in [-0.39, 0.29) is 17.9 Å². The van der Waals surface area contributed by atoms with E-state index >= 15 is 0 Å². The Balaban J connectivity index is 2.46. The first-order valence-corrected chi connectivity index (χ1v) is 7.22. The number of alkyl halides is 3. The average molecular weight is 325 g/mol. The van der Waals surface area contributed by atoms with Gasteiger partial charge in [-0.05, 0) is 25.5 Å². The first-order valence-electron chi connectivity index (χ1n) is 7.22. The molecule has 0 aliphatic rings. The van der Waals surface area contributed by atoms with Crippen LogP contribution in [0.15, 0.2) is 36.5 Å². The van der Waals surface area contributed by atoms with Gasteiger partial charge in [0.1, 0.15) is 5.56 Å². The van der Waals surface area contributed by atoms with Crippen molar-refractivity contribution in [3.05, 3.63) is 42.1 Å². The molecule has 2 aromatic rings. The highest BCUT2D eigenvalue weighted by atomic mass is 19.4. The highest BCUT2D eigenvalue weighted by molar-refractivity contribution is 5.62. The third-order valence-corrected chi connectivity index (χ3v) is 3.39. The molecule has 124 valence electrons. The second kappa shape index (κ2) is 6.85. The van der Waals surface area contributed by atoms with Crippen LogP contribution >= 0.6 is 0 Å². The van der Waals surface area contributed by atoms with Crippen LogP contribution in [0.4, 0.5) is 24.7 Å². The molecular formula is C16H18F3N3O. The van der Waals surface area contributed by atoms with Crippen molar-refractivity contribution >= 4 is 11.5 Å². The molecule has 7 heteroatoms. The quantitative estimate of drug-likeness (QED) is 0.814. The van der Waals surface area contributed by atoms with Gasteiger partial charge in [0.05, 0.1) is 6.10 Å². The third-order valence-electron chi connectivity index (χ3n) is 3.39. The van der Waals surface area contributed by atoms with Gasteiger partial charge in [-0.2, -0.15) is 18.2 Å². The Morgan fingerprint density at radius 1 is 1.22 bits per heavy atom. The Morgan fingerprint density at radius 2 is 1.87 bits per heavy atom. The van der Waals surface area contributed by atoms with Crippen LogP contribution in [-0.2, 0) is 6.18 Å². The molecule has 0 fully saturated rings. The minimum Gasteiger partial charge on any atom is -0.460 e. The molecule has 1 aromatic carbocycles. The number of anilines is 2. The molecule has 1 unspecified atom stereocenters. The van der Waals surface area contributed by atoms with E-state index < -0.39 is 11.7 Å². The molecule has 1 atom stereocenters. The normalized spacial score (nSPS) is 12.8. The molecule has 0 N–H and O–H groups in total. The Bertz CT molecular complexity index is 647. The zero-order valence-electron chi connectivity index (χ0n) is 13.1. The Labute approximate surface area is 132 Å². The summed E-state index contributed by atoms with van der Waals surface area (Å²) in [4.78, 5) is 9.03. The van der Waals surface area contributed by atoms with Crippen molar-refractivity contribution in [3.8, 4) is 6.01 Å². The van der Waals surface area contributed by atoms with Crippen molar-refractivity contribution in [2.45, 2.75) is 32.5 Å². The monoisotopic (exact) mass is 325 g/mol. The van der Waals surface area contributed by atoms with Gasteiger partial charge >= 0.3 is 12.2 Å². The molecule has 0 saturated carbocycles. The summed E-state index contributed by atoms with van der Waals surface area (Å²) in [7, 11) is 1.53. The smallest absolute Gasteiger partial charge is 0.421 e. The molecule has 1 heterocycles. The number of ether oxygens (including phenoxy) is 1. The Hall–Kier alpha value is -2.31. The summed E-state index contributed by atoms with van der Waals surface area (Å²) in [6.07, 6.45) is -3.26. The lowest BCUT2D eigenvalue weighted by atomic mass is 10.2. The fraction of sp³-hybridized carbons (Fsp3) is 0.375. The molecule has 2 rings (SSSR count). The van der Waals surface area contributed by atoms with Crippen LogP contribution in [0.5, 0.6) is 6.01 Å². The van der Waals surface area contributed by atoms with Gasteiger partial charge in [-0.3, -0.25) is 0 Å². The maximum absolute atomic E-state index is 13.2. The van der Waals surface area contributed by atoms with Gasteiger partial charge < -0.3 is 9.64 Å². The molecule has 0 bridgehead atoms. The molecule has 0 saturated heterocycles. The molecule has 0 spiro atoms. The van der Waals surface area contributed by atoms with Gasteiger partial charge in [0.2, 0.25) is 0 Å². The van der Waals surface area contributed by atoms with Crippen LogP contribution < -0.4 is 9.64 Å². The van der Waals surface area contributed by atoms with E-state index in [1.807, 2.05) is 13.8 Å². The standard InChI is InChI=1S/C16H18F3N3O/c1-4-11(2)23-15-20-10-13(16(17,18)19)14(21-15)22(3)12-8-6-5-7-9-12/h5-11H,4H2,1-3H3. The van der Waals surface area contributed by atoms with E-state index in [0.29, 0.717) is 12.1 Å². The van der Waals surface area contributed by atoms with Crippen LogP contribution in [0.1, 0.15) is 25.8 Å². The van der Waals surface area contributed by atoms with Gasteiger partial charge in [0, 0.05) is 18.9 Å². The van der Waals surface area contributed by atoms with Gasteiger partial charge in [-0.1, -0.05) is 25.1 Å². The number of para-hydroxylation sites is 1. The zero-order valence-corrected chi connectivity index (χ0v) is 13.1. The predicted molar refractivity (Wildman–Crippen MR) is 81.9 cm³/mol. The molecule has 0 radical (unpaired) electrons. The topological polar surface area (TPSA) is 38.2 Å². The molecule has 4 nitrogen and oxygen atoms in total. The zero-order chi connectivity index (χ0) is 17.0. The second-order valence-electron chi connectivity index (χ2n) is 5.12. The Kier molecular flexibility index (Phi) is 5.08. The largest absolute Gasteiger partial charge is 0.460 e. The van der Waals surface area contributed by atoms with Crippen LogP contribution in [-0.4, -0.2) is 23.1 Å².